The molecule has 2 saturated carbocycles. The SMILES string of the molecule is COc1cc(N2C[C@H]3[C@H](Nc4nc5n(n4)CCCN5c4cc(F)cc(F)c4)C4CC43C2)ccn1. The minimum Gasteiger partial charge on any atom is -0.481 e. The van der Waals surface area contributed by atoms with Gasteiger partial charge in [0.2, 0.25) is 17.8 Å². The van der Waals surface area contributed by atoms with Gasteiger partial charge in [-0.15, -0.1) is 5.10 Å². The quantitative estimate of drug-likeness (QED) is 0.619. The van der Waals surface area contributed by atoms with E-state index < -0.39 is 11.6 Å². The molecule has 4 atom stereocenters. The highest BCUT2D eigenvalue weighted by molar-refractivity contribution is 5.60. The lowest BCUT2D eigenvalue weighted by Crippen LogP contribution is -2.47. The van der Waals surface area contributed by atoms with Gasteiger partial charge in [-0.1, -0.05) is 0 Å². The predicted octanol–water partition coefficient (Wildman–Crippen LogP) is 3.44. The minimum atomic E-state index is -0.595. The first-order valence-corrected chi connectivity index (χ1v) is 11.7. The molecule has 8 nitrogen and oxygen atoms in total. The van der Waals surface area contributed by atoms with Crippen LogP contribution in [0.3, 0.4) is 0 Å². The maximum atomic E-state index is 13.8. The van der Waals surface area contributed by atoms with Gasteiger partial charge in [0.05, 0.1) is 7.11 Å². The van der Waals surface area contributed by atoms with Crippen LogP contribution in [0, 0.1) is 28.9 Å². The van der Waals surface area contributed by atoms with Crippen LogP contribution in [0.1, 0.15) is 12.8 Å². The maximum Gasteiger partial charge on any atom is 0.244 e. The summed E-state index contributed by atoms with van der Waals surface area (Å²) in [6.45, 7) is 3.41. The number of nitrogens with one attached hydrogen (secondary N) is 1. The van der Waals surface area contributed by atoms with Gasteiger partial charge in [0.15, 0.2) is 0 Å². The second-order valence-corrected chi connectivity index (χ2v) is 9.85. The van der Waals surface area contributed by atoms with Crippen molar-refractivity contribution in [2.24, 2.45) is 17.3 Å². The molecule has 34 heavy (non-hydrogen) atoms. The Bertz CT molecular complexity index is 1260. The molecule has 0 bridgehead atoms. The highest BCUT2D eigenvalue weighted by atomic mass is 19.1. The second kappa shape index (κ2) is 7.04. The third kappa shape index (κ3) is 2.90. The van der Waals surface area contributed by atoms with Gasteiger partial charge in [0, 0.05) is 67.8 Å². The molecular weight excluding hydrogens is 440 g/mol. The fourth-order valence-corrected chi connectivity index (χ4v) is 6.45. The molecule has 3 fully saturated rings. The van der Waals surface area contributed by atoms with E-state index in [9.17, 15) is 8.78 Å². The lowest BCUT2D eigenvalue weighted by molar-refractivity contribution is 0.193. The first kappa shape index (κ1) is 20.0. The molecule has 176 valence electrons. The highest BCUT2D eigenvalue weighted by Crippen LogP contribution is 2.74. The van der Waals surface area contributed by atoms with Crippen LogP contribution in [0.5, 0.6) is 5.88 Å². The topological polar surface area (TPSA) is 71.3 Å². The zero-order valence-electron chi connectivity index (χ0n) is 18.8. The molecule has 2 aromatic heterocycles. The molecule has 4 heterocycles. The number of rotatable bonds is 5. The van der Waals surface area contributed by atoms with Crippen LogP contribution in [0.15, 0.2) is 36.5 Å². The standard InChI is InChI=1S/C24H25F2N7O/c1-34-20-10-16(3-4-27-20)31-12-19-21(18-11-24(18,19)13-31)28-22-29-23-32(5-2-6-33(23)30-22)17-8-14(25)7-15(26)9-17/h3-4,7-10,18-19,21H,2,5-6,11-13H2,1H3,(H,28,30)/t18?,19-,21+,24?/m0/s1. The molecule has 2 aliphatic heterocycles. The van der Waals surface area contributed by atoms with Crippen LogP contribution < -0.4 is 19.9 Å². The number of fused-ring (bicyclic) bond motifs is 1. The fraction of sp³-hybridized carbons (Fsp3) is 0.458. The molecule has 1 saturated heterocycles. The summed E-state index contributed by atoms with van der Waals surface area (Å²) in [5.74, 6) is 1.81. The number of hydrogen-bond donors (Lipinski definition) is 1. The van der Waals surface area contributed by atoms with Crippen molar-refractivity contribution >= 4 is 23.3 Å². The Morgan fingerprint density at radius 2 is 1.94 bits per heavy atom. The van der Waals surface area contributed by atoms with Crippen molar-refractivity contribution in [3.63, 3.8) is 0 Å². The molecule has 4 aliphatic rings. The van der Waals surface area contributed by atoms with Crippen molar-refractivity contribution < 1.29 is 13.5 Å². The molecule has 1 N–H and O–H groups in total. The Kier molecular flexibility index (Phi) is 4.14. The van der Waals surface area contributed by atoms with Gasteiger partial charge < -0.3 is 19.9 Å². The van der Waals surface area contributed by atoms with Crippen LogP contribution in [0.2, 0.25) is 0 Å². The van der Waals surface area contributed by atoms with Crippen LogP contribution in [-0.4, -0.2) is 52.5 Å². The minimum absolute atomic E-state index is 0.332. The van der Waals surface area contributed by atoms with Crippen molar-refractivity contribution in [3.8, 4) is 5.88 Å². The lowest BCUT2D eigenvalue weighted by Gasteiger charge is -2.38. The number of aromatic nitrogens is 4. The number of ether oxygens (including phenoxy) is 1. The van der Waals surface area contributed by atoms with Crippen LogP contribution in [0.4, 0.5) is 32.1 Å². The summed E-state index contributed by atoms with van der Waals surface area (Å²) in [5, 5.41) is 8.29. The second-order valence-electron chi connectivity index (χ2n) is 9.85. The van der Waals surface area contributed by atoms with Gasteiger partial charge in [0.1, 0.15) is 11.6 Å². The summed E-state index contributed by atoms with van der Waals surface area (Å²) in [6.07, 6.45) is 3.84. The largest absolute Gasteiger partial charge is 0.481 e. The van der Waals surface area contributed by atoms with Gasteiger partial charge in [-0.05, 0) is 42.4 Å². The Balaban J connectivity index is 1.10. The molecule has 2 aliphatic carbocycles. The fourth-order valence-electron chi connectivity index (χ4n) is 6.45. The Hall–Kier alpha value is -3.43. The van der Waals surface area contributed by atoms with Gasteiger partial charge in [-0.25, -0.2) is 18.4 Å². The number of methoxy groups -OCH3 is 1. The van der Waals surface area contributed by atoms with E-state index in [2.05, 4.69) is 20.3 Å². The van der Waals surface area contributed by atoms with Crippen molar-refractivity contribution in [3.05, 3.63) is 48.2 Å². The zero-order chi connectivity index (χ0) is 23.0. The van der Waals surface area contributed by atoms with Gasteiger partial charge in [-0.2, -0.15) is 4.98 Å². The van der Waals surface area contributed by atoms with E-state index in [0.717, 1.165) is 37.8 Å². The number of halogens is 2. The van der Waals surface area contributed by atoms with Crippen LogP contribution >= 0.6 is 0 Å². The van der Waals surface area contributed by atoms with Crippen molar-refractivity contribution in [2.45, 2.75) is 25.4 Å². The summed E-state index contributed by atoms with van der Waals surface area (Å²) < 4.78 is 34.8. The molecule has 3 aromatic rings. The highest BCUT2D eigenvalue weighted by Gasteiger charge is 2.76. The number of nitrogens with zero attached hydrogens (tertiary/aromatic N) is 6. The molecular formula is C24H25F2N7O. The van der Waals surface area contributed by atoms with E-state index in [1.807, 2.05) is 21.7 Å². The number of pyridine rings is 1. The average Bonchev–Trinajstić information content (AvgIpc) is 3.10. The van der Waals surface area contributed by atoms with E-state index in [-0.39, 0.29) is 0 Å². The molecule has 10 heteroatoms. The van der Waals surface area contributed by atoms with E-state index in [4.69, 9.17) is 9.72 Å². The summed E-state index contributed by atoms with van der Waals surface area (Å²) in [5.41, 5.74) is 1.99. The first-order chi connectivity index (χ1) is 16.5. The van der Waals surface area contributed by atoms with Crippen molar-refractivity contribution in [2.75, 3.05) is 41.9 Å². The summed E-state index contributed by atoms with van der Waals surface area (Å²) in [4.78, 5) is 13.2. The average molecular weight is 466 g/mol. The van der Waals surface area contributed by atoms with E-state index in [1.54, 1.807) is 13.3 Å². The van der Waals surface area contributed by atoms with Gasteiger partial charge in [0.25, 0.3) is 0 Å². The number of anilines is 4. The first-order valence-electron chi connectivity index (χ1n) is 11.7. The van der Waals surface area contributed by atoms with E-state index >= 15 is 0 Å². The summed E-state index contributed by atoms with van der Waals surface area (Å²) in [6, 6.07) is 7.93. The molecule has 0 radical (unpaired) electrons. The number of hydrogen-bond acceptors (Lipinski definition) is 7. The molecule has 1 aromatic carbocycles. The van der Waals surface area contributed by atoms with E-state index in [0.29, 0.717) is 53.3 Å². The Morgan fingerprint density at radius 1 is 1.09 bits per heavy atom. The van der Waals surface area contributed by atoms with Crippen molar-refractivity contribution in [1.29, 1.82) is 0 Å². The monoisotopic (exact) mass is 465 g/mol. The van der Waals surface area contributed by atoms with Crippen LogP contribution in [0.25, 0.3) is 0 Å². The lowest BCUT2D eigenvalue weighted by atomic mass is 9.71. The molecule has 1 spiro atoms. The third-order valence-corrected chi connectivity index (χ3v) is 8.08. The van der Waals surface area contributed by atoms with Gasteiger partial charge >= 0.3 is 0 Å². The normalized spacial score (nSPS) is 28.6. The van der Waals surface area contributed by atoms with Crippen LogP contribution in [-0.2, 0) is 6.54 Å². The van der Waals surface area contributed by atoms with Gasteiger partial charge in [-0.3, -0.25) is 0 Å². The summed E-state index contributed by atoms with van der Waals surface area (Å²) >= 11 is 0. The zero-order valence-corrected chi connectivity index (χ0v) is 18.8. The number of aryl methyl sites for hydroxylation is 1. The maximum absolute atomic E-state index is 13.8. The molecule has 0 amide bonds. The Labute approximate surface area is 195 Å². The molecule has 7 rings (SSSR count). The summed E-state index contributed by atoms with van der Waals surface area (Å²) in [7, 11) is 1.64. The van der Waals surface area contributed by atoms with E-state index in [1.165, 1.54) is 18.6 Å². The number of benzene rings is 1. The molecule has 2 unspecified atom stereocenters. The predicted molar refractivity (Wildman–Crippen MR) is 122 cm³/mol. The Morgan fingerprint density at radius 3 is 2.76 bits per heavy atom. The van der Waals surface area contributed by atoms with Crippen molar-refractivity contribution in [1.82, 2.24) is 19.7 Å². The third-order valence-electron chi connectivity index (χ3n) is 8.08. The smallest absolute Gasteiger partial charge is 0.244 e.